The Kier molecular flexibility index (Phi) is 4.13. The van der Waals surface area contributed by atoms with Gasteiger partial charge in [-0.15, -0.1) is 0 Å². The van der Waals surface area contributed by atoms with Gasteiger partial charge in [0.2, 0.25) is 0 Å². The van der Waals surface area contributed by atoms with E-state index < -0.39 is 0 Å². The minimum atomic E-state index is 0. The maximum absolute atomic E-state index is 2.26. The molecule has 0 N–H and O–H groups in total. The Hall–Kier alpha value is -0.157. The average molecular weight is 249 g/mol. The molecule has 0 atom stereocenters. The van der Waals surface area contributed by atoms with Crippen LogP contribution in [0.3, 0.4) is 0 Å². The van der Waals surface area contributed by atoms with E-state index in [0.29, 0.717) is 0 Å². The standard InChI is InChI=1S/C11H16.Ru/c1-7-6-8(2)10(4)11(5)9(7)3;/h6H,1-5H3;/q;+2. The van der Waals surface area contributed by atoms with E-state index in [0.717, 1.165) is 0 Å². The second kappa shape index (κ2) is 4.19. The Morgan fingerprint density at radius 2 is 1.00 bits per heavy atom. The van der Waals surface area contributed by atoms with Gasteiger partial charge >= 0.3 is 19.5 Å². The summed E-state index contributed by atoms with van der Waals surface area (Å²) < 4.78 is 0. The molecule has 12 heavy (non-hydrogen) atoms. The van der Waals surface area contributed by atoms with Crippen molar-refractivity contribution in [3.05, 3.63) is 33.9 Å². The van der Waals surface area contributed by atoms with Gasteiger partial charge < -0.3 is 0 Å². The van der Waals surface area contributed by atoms with Crippen molar-refractivity contribution < 1.29 is 19.5 Å². The summed E-state index contributed by atoms with van der Waals surface area (Å²) in [7, 11) is 0. The summed E-state index contributed by atoms with van der Waals surface area (Å²) in [5, 5.41) is 0. The second-order valence-corrected chi connectivity index (χ2v) is 3.39. The molecular formula is C11H16Ru+2. The second-order valence-electron chi connectivity index (χ2n) is 3.39. The van der Waals surface area contributed by atoms with Crippen LogP contribution in [-0.4, -0.2) is 0 Å². The van der Waals surface area contributed by atoms with Crippen LogP contribution in [0.1, 0.15) is 27.8 Å². The van der Waals surface area contributed by atoms with Gasteiger partial charge in [0, 0.05) is 0 Å². The van der Waals surface area contributed by atoms with Gasteiger partial charge in [-0.25, -0.2) is 0 Å². The Morgan fingerprint density at radius 3 is 1.33 bits per heavy atom. The molecule has 0 unspecified atom stereocenters. The van der Waals surface area contributed by atoms with E-state index in [1.54, 1.807) is 0 Å². The van der Waals surface area contributed by atoms with Gasteiger partial charge in [-0.3, -0.25) is 0 Å². The van der Waals surface area contributed by atoms with Gasteiger partial charge in [-0.2, -0.15) is 0 Å². The fourth-order valence-corrected chi connectivity index (χ4v) is 1.41. The number of benzene rings is 1. The molecule has 0 fully saturated rings. The van der Waals surface area contributed by atoms with Crippen LogP contribution in [0.5, 0.6) is 0 Å². The number of aryl methyl sites for hydroxylation is 2. The zero-order valence-corrected chi connectivity index (χ0v) is 10.2. The van der Waals surface area contributed by atoms with Crippen LogP contribution in [0.25, 0.3) is 0 Å². The van der Waals surface area contributed by atoms with E-state index >= 15 is 0 Å². The van der Waals surface area contributed by atoms with Gasteiger partial charge in [-0.05, 0) is 62.4 Å². The van der Waals surface area contributed by atoms with Crippen LogP contribution >= 0.6 is 0 Å². The molecule has 0 heterocycles. The predicted octanol–water partition coefficient (Wildman–Crippen LogP) is 3.23. The summed E-state index contributed by atoms with van der Waals surface area (Å²) in [4.78, 5) is 0. The summed E-state index contributed by atoms with van der Waals surface area (Å²) >= 11 is 0. The summed E-state index contributed by atoms with van der Waals surface area (Å²) in [6.45, 7) is 10.9. The SMILES string of the molecule is Cc1cc(C)c(C)c(C)c1C.[Ru+2]. The average Bonchev–Trinajstić information content (AvgIpc) is 1.97. The van der Waals surface area contributed by atoms with E-state index in [1.807, 2.05) is 0 Å². The maximum Gasteiger partial charge on any atom is 2.00 e. The fraction of sp³-hybridized carbons (Fsp3) is 0.455. The summed E-state index contributed by atoms with van der Waals surface area (Å²) in [6.07, 6.45) is 0. The Morgan fingerprint density at radius 1 is 0.667 bits per heavy atom. The third kappa shape index (κ3) is 1.96. The third-order valence-corrected chi connectivity index (χ3v) is 2.74. The fourth-order valence-electron chi connectivity index (χ4n) is 1.41. The van der Waals surface area contributed by atoms with Crippen LogP contribution in [0.2, 0.25) is 0 Å². The topological polar surface area (TPSA) is 0 Å². The number of rotatable bonds is 0. The number of hydrogen-bond acceptors (Lipinski definition) is 0. The molecule has 66 valence electrons. The first-order valence-electron chi connectivity index (χ1n) is 4.08. The van der Waals surface area contributed by atoms with E-state index in [9.17, 15) is 0 Å². The Bertz CT molecular complexity index is 261. The van der Waals surface area contributed by atoms with Crippen molar-refractivity contribution in [2.24, 2.45) is 0 Å². The summed E-state index contributed by atoms with van der Waals surface area (Å²) in [5.41, 5.74) is 7.14. The molecule has 0 amide bonds. The van der Waals surface area contributed by atoms with Crippen molar-refractivity contribution in [2.45, 2.75) is 34.6 Å². The molecule has 0 spiro atoms. The molecule has 0 saturated carbocycles. The largest absolute Gasteiger partial charge is 2.00 e. The molecule has 1 aromatic carbocycles. The minimum absolute atomic E-state index is 0. The normalized spacial score (nSPS) is 9.42. The van der Waals surface area contributed by atoms with Crippen LogP contribution in [0, 0.1) is 34.6 Å². The smallest absolute Gasteiger partial charge is 0.0558 e. The molecule has 0 aliphatic carbocycles. The molecule has 0 aromatic heterocycles. The van der Waals surface area contributed by atoms with Gasteiger partial charge in [0.1, 0.15) is 0 Å². The Labute approximate surface area is 88.1 Å². The van der Waals surface area contributed by atoms with Crippen molar-refractivity contribution in [3.8, 4) is 0 Å². The van der Waals surface area contributed by atoms with Crippen molar-refractivity contribution in [1.82, 2.24) is 0 Å². The van der Waals surface area contributed by atoms with Gasteiger partial charge in [-0.1, -0.05) is 6.07 Å². The quantitative estimate of drug-likeness (QED) is 0.619. The van der Waals surface area contributed by atoms with Crippen LogP contribution < -0.4 is 0 Å². The summed E-state index contributed by atoms with van der Waals surface area (Å²) in [6, 6.07) is 2.26. The first kappa shape index (κ1) is 11.8. The molecule has 1 heteroatoms. The molecule has 0 aliphatic heterocycles. The molecular weight excluding hydrogens is 233 g/mol. The van der Waals surface area contributed by atoms with Crippen molar-refractivity contribution in [1.29, 1.82) is 0 Å². The molecule has 0 nitrogen and oxygen atoms in total. The van der Waals surface area contributed by atoms with Crippen molar-refractivity contribution in [3.63, 3.8) is 0 Å². The molecule has 0 saturated heterocycles. The first-order chi connectivity index (χ1) is 5.04. The molecule has 1 rings (SSSR count). The van der Waals surface area contributed by atoms with E-state index in [2.05, 4.69) is 40.7 Å². The Balaban J connectivity index is 0.00000121. The van der Waals surface area contributed by atoms with Crippen LogP contribution in [-0.2, 0) is 19.5 Å². The first-order valence-corrected chi connectivity index (χ1v) is 4.08. The van der Waals surface area contributed by atoms with E-state index in [1.165, 1.54) is 27.8 Å². The zero-order chi connectivity index (χ0) is 8.59. The van der Waals surface area contributed by atoms with Crippen LogP contribution in [0.15, 0.2) is 6.07 Å². The number of hydrogen-bond donors (Lipinski definition) is 0. The maximum atomic E-state index is 2.26. The zero-order valence-electron chi connectivity index (χ0n) is 8.43. The molecule has 0 bridgehead atoms. The molecule has 0 aliphatic rings. The minimum Gasteiger partial charge on any atom is -0.0558 e. The molecule has 1 aromatic rings. The predicted molar refractivity (Wildman–Crippen MR) is 50.1 cm³/mol. The third-order valence-electron chi connectivity index (χ3n) is 2.74. The monoisotopic (exact) mass is 250 g/mol. The summed E-state index contributed by atoms with van der Waals surface area (Å²) in [5.74, 6) is 0. The van der Waals surface area contributed by atoms with E-state index in [-0.39, 0.29) is 19.5 Å². The van der Waals surface area contributed by atoms with Crippen LogP contribution in [0.4, 0.5) is 0 Å². The van der Waals surface area contributed by atoms with Gasteiger partial charge in [0.15, 0.2) is 0 Å². The van der Waals surface area contributed by atoms with E-state index in [4.69, 9.17) is 0 Å². The van der Waals surface area contributed by atoms with Gasteiger partial charge in [0.25, 0.3) is 0 Å². The van der Waals surface area contributed by atoms with Crippen molar-refractivity contribution >= 4 is 0 Å². The van der Waals surface area contributed by atoms with Crippen molar-refractivity contribution in [2.75, 3.05) is 0 Å². The molecule has 0 radical (unpaired) electrons. The van der Waals surface area contributed by atoms with Gasteiger partial charge in [0.05, 0.1) is 0 Å².